The first kappa shape index (κ1) is 16.6. The fraction of sp³-hybridized carbons (Fsp3) is 0.583. The number of aromatic nitrogens is 2. The second kappa shape index (κ2) is 6.85. The van der Waals surface area contributed by atoms with E-state index in [1.165, 1.54) is 13.3 Å². The van der Waals surface area contributed by atoms with E-state index in [4.69, 9.17) is 4.74 Å². The molecule has 0 unspecified atom stereocenters. The molecule has 1 aromatic heterocycles. The summed E-state index contributed by atoms with van der Waals surface area (Å²) in [4.78, 5) is 23.2. The number of hydrogen-bond donors (Lipinski definition) is 1. The molecule has 0 saturated carbocycles. The Morgan fingerprint density at radius 1 is 1.50 bits per heavy atom. The molecule has 20 heavy (non-hydrogen) atoms. The van der Waals surface area contributed by atoms with E-state index in [9.17, 15) is 9.59 Å². The van der Waals surface area contributed by atoms with Gasteiger partial charge in [-0.3, -0.25) is 9.59 Å². The number of ether oxygens (including phenoxy) is 2. The molecule has 0 amide bonds. The van der Waals surface area contributed by atoms with Gasteiger partial charge in [0, 0.05) is 7.11 Å². The average molecular weight is 348 g/mol. The number of esters is 1. The number of nitrogens with zero attached hydrogens (tertiary/aromatic N) is 2. The largest absolute Gasteiger partial charge is 0.468 e. The quantitative estimate of drug-likeness (QED) is 0.773. The van der Waals surface area contributed by atoms with Crippen molar-refractivity contribution in [2.75, 3.05) is 26.1 Å². The van der Waals surface area contributed by atoms with Crippen molar-refractivity contribution in [1.29, 1.82) is 0 Å². The van der Waals surface area contributed by atoms with E-state index in [1.54, 1.807) is 7.11 Å². The number of carbonyl (C=O) groups is 1. The van der Waals surface area contributed by atoms with Crippen LogP contribution in [0, 0.1) is 0 Å². The number of anilines is 1. The van der Waals surface area contributed by atoms with Crippen LogP contribution in [0.25, 0.3) is 0 Å². The number of rotatable bonds is 6. The maximum atomic E-state index is 12.1. The van der Waals surface area contributed by atoms with Crippen LogP contribution in [-0.4, -0.2) is 42.1 Å². The second-order valence-electron chi connectivity index (χ2n) is 4.85. The molecular formula is C12H18BrN3O4. The third kappa shape index (κ3) is 4.31. The van der Waals surface area contributed by atoms with Crippen molar-refractivity contribution in [3.63, 3.8) is 0 Å². The van der Waals surface area contributed by atoms with Crippen molar-refractivity contribution < 1.29 is 14.3 Å². The van der Waals surface area contributed by atoms with E-state index >= 15 is 0 Å². The van der Waals surface area contributed by atoms with Gasteiger partial charge in [0.15, 0.2) is 0 Å². The zero-order chi connectivity index (χ0) is 15.3. The summed E-state index contributed by atoms with van der Waals surface area (Å²) < 4.78 is 10.9. The summed E-state index contributed by atoms with van der Waals surface area (Å²) >= 11 is 3.22. The van der Waals surface area contributed by atoms with Crippen LogP contribution in [0.3, 0.4) is 0 Å². The molecule has 1 aromatic rings. The first-order valence-electron chi connectivity index (χ1n) is 5.90. The second-order valence-corrected chi connectivity index (χ2v) is 5.65. The fourth-order valence-electron chi connectivity index (χ4n) is 1.61. The predicted molar refractivity (Wildman–Crippen MR) is 77.8 cm³/mol. The molecule has 0 fully saturated rings. The lowest BCUT2D eigenvalue weighted by molar-refractivity contribution is -0.141. The number of carbonyl (C=O) groups excluding carboxylic acids is 1. The SMILES string of the molecule is COCC(C)(C)Nc1cnn(CC(=O)OC)c(=O)c1Br. The molecule has 7 nitrogen and oxygen atoms in total. The van der Waals surface area contributed by atoms with Gasteiger partial charge in [-0.1, -0.05) is 0 Å². The summed E-state index contributed by atoms with van der Waals surface area (Å²) in [5.41, 5.74) is -0.230. The van der Waals surface area contributed by atoms with Gasteiger partial charge in [-0.2, -0.15) is 5.10 Å². The summed E-state index contributed by atoms with van der Waals surface area (Å²) in [6, 6.07) is 0. The normalized spacial score (nSPS) is 11.2. The molecule has 1 rings (SSSR count). The van der Waals surface area contributed by atoms with Gasteiger partial charge >= 0.3 is 5.97 Å². The summed E-state index contributed by atoms with van der Waals surface area (Å²) in [5, 5.41) is 7.10. The fourth-order valence-corrected chi connectivity index (χ4v) is 2.02. The topological polar surface area (TPSA) is 82.4 Å². The number of halogens is 1. The standard InChI is InChI=1S/C12H18BrN3O4/c1-12(2,7-19-3)15-8-5-14-16(6-9(17)20-4)11(18)10(8)13/h5,15H,6-7H2,1-4H3. The number of hydrogen-bond acceptors (Lipinski definition) is 6. The van der Waals surface area contributed by atoms with Crippen molar-refractivity contribution in [1.82, 2.24) is 9.78 Å². The van der Waals surface area contributed by atoms with E-state index in [0.29, 0.717) is 16.8 Å². The molecule has 112 valence electrons. The minimum Gasteiger partial charge on any atom is -0.468 e. The maximum Gasteiger partial charge on any atom is 0.327 e. The van der Waals surface area contributed by atoms with Crippen molar-refractivity contribution in [2.24, 2.45) is 0 Å². The molecule has 1 N–H and O–H groups in total. The lowest BCUT2D eigenvalue weighted by Gasteiger charge is -2.26. The molecule has 8 heteroatoms. The van der Waals surface area contributed by atoms with Crippen LogP contribution in [0.5, 0.6) is 0 Å². The van der Waals surface area contributed by atoms with E-state index < -0.39 is 11.5 Å². The third-order valence-corrected chi connectivity index (χ3v) is 3.24. The van der Waals surface area contributed by atoms with Crippen LogP contribution in [0.2, 0.25) is 0 Å². The third-order valence-electron chi connectivity index (χ3n) is 2.47. The van der Waals surface area contributed by atoms with E-state index in [0.717, 1.165) is 4.68 Å². The molecule has 0 aliphatic carbocycles. The van der Waals surface area contributed by atoms with Crippen LogP contribution in [0.15, 0.2) is 15.5 Å². The van der Waals surface area contributed by atoms with Gasteiger partial charge in [0.2, 0.25) is 0 Å². The van der Waals surface area contributed by atoms with E-state index in [-0.39, 0.29) is 12.1 Å². The van der Waals surface area contributed by atoms with Crippen LogP contribution < -0.4 is 10.9 Å². The zero-order valence-electron chi connectivity index (χ0n) is 11.9. The van der Waals surface area contributed by atoms with Crippen LogP contribution >= 0.6 is 15.9 Å². The van der Waals surface area contributed by atoms with Gasteiger partial charge in [-0.25, -0.2) is 4.68 Å². The Kier molecular flexibility index (Phi) is 5.70. The Balaban J connectivity index is 3.00. The highest BCUT2D eigenvalue weighted by molar-refractivity contribution is 9.10. The Labute approximate surface area is 125 Å². The molecule has 0 radical (unpaired) electrons. The zero-order valence-corrected chi connectivity index (χ0v) is 13.5. The summed E-state index contributed by atoms with van der Waals surface area (Å²) in [5.74, 6) is -0.535. The molecule has 0 aliphatic rings. The van der Waals surface area contributed by atoms with Crippen molar-refractivity contribution >= 4 is 27.6 Å². The number of nitrogens with one attached hydrogen (secondary N) is 1. The first-order chi connectivity index (χ1) is 9.30. The Morgan fingerprint density at radius 3 is 2.70 bits per heavy atom. The molecular weight excluding hydrogens is 330 g/mol. The van der Waals surface area contributed by atoms with E-state index in [1.807, 2.05) is 13.8 Å². The predicted octanol–water partition coefficient (Wildman–Crippen LogP) is 1.02. The Bertz CT molecular complexity index is 542. The minimum atomic E-state index is -0.535. The van der Waals surface area contributed by atoms with Crippen molar-refractivity contribution in [3.05, 3.63) is 21.0 Å². The van der Waals surface area contributed by atoms with Crippen LogP contribution in [-0.2, 0) is 20.8 Å². The molecule has 0 bridgehead atoms. The highest BCUT2D eigenvalue weighted by Crippen LogP contribution is 2.21. The minimum absolute atomic E-state index is 0.227. The van der Waals surface area contributed by atoms with Crippen LogP contribution in [0.4, 0.5) is 5.69 Å². The van der Waals surface area contributed by atoms with Crippen LogP contribution in [0.1, 0.15) is 13.8 Å². The smallest absolute Gasteiger partial charge is 0.327 e. The molecule has 1 heterocycles. The van der Waals surface area contributed by atoms with Gasteiger partial charge in [0.1, 0.15) is 11.0 Å². The average Bonchev–Trinajstić information content (AvgIpc) is 2.38. The molecule has 0 spiro atoms. The van der Waals surface area contributed by atoms with E-state index in [2.05, 4.69) is 31.1 Å². The molecule has 0 aromatic carbocycles. The summed E-state index contributed by atoms with van der Waals surface area (Å²) in [7, 11) is 2.86. The van der Waals surface area contributed by atoms with Gasteiger partial charge in [0.05, 0.1) is 31.1 Å². The van der Waals surface area contributed by atoms with Gasteiger partial charge in [0.25, 0.3) is 5.56 Å². The monoisotopic (exact) mass is 347 g/mol. The number of methoxy groups -OCH3 is 2. The molecule has 0 aliphatic heterocycles. The summed E-state index contributed by atoms with van der Waals surface area (Å²) in [6.07, 6.45) is 1.48. The van der Waals surface area contributed by atoms with Gasteiger partial charge < -0.3 is 14.8 Å². The van der Waals surface area contributed by atoms with Gasteiger partial charge in [-0.15, -0.1) is 0 Å². The molecule has 0 atom stereocenters. The summed E-state index contributed by atoms with van der Waals surface area (Å²) in [6.45, 7) is 4.10. The van der Waals surface area contributed by atoms with Gasteiger partial charge in [-0.05, 0) is 29.8 Å². The Hall–Kier alpha value is -1.41. The van der Waals surface area contributed by atoms with Crippen molar-refractivity contribution in [2.45, 2.75) is 25.9 Å². The lowest BCUT2D eigenvalue weighted by atomic mass is 10.1. The highest BCUT2D eigenvalue weighted by atomic mass is 79.9. The lowest BCUT2D eigenvalue weighted by Crippen LogP contribution is -2.37. The first-order valence-corrected chi connectivity index (χ1v) is 6.69. The Morgan fingerprint density at radius 2 is 2.15 bits per heavy atom. The highest BCUT2D eigenvalue weighted by Gasteiger charge is 2.20. The van der Waals surface area contributed by atoms with Crippen molar-refractivity contribution in [3.8, 4) is 0 Å². The maximum absolute atomic E-state index is 12.1. The molecule has 0 saturated heterocycles.